The number of thioether (sulfide) groups is 1. The lowest BCUT2D eigenvalue weighted by Crippen LogP contribution is -2.14. The lowest BCUT2D eigenvalue weighted by atomic mass is 10.3. The Kier molecular flexibility index (Phi) is 6.02. The second-order valence-electron chi connectivity index (χ2n) is 4.66. The van der Waals surface area contributed by atoms with Gasteiger partial charge in [0.25, 0.3) is 5.69 Å². The van der Waals surface area contributed by atoms with E-state index in [2.05, 4.69) is 5.32 Å². The van der Waals surface area contributed by atoms with Crippen molar-refractivity contribution in [3.05, 3.63) is 52.6 Å². The number of anilines is 1. The molecule has 2 rings (SSSR count). The number of hydrogen-bond acceptors (Lipinski definition) is 6. The number of hydrogen-bond donors (Lipinski definition) is 1. The zero-order valence-electron chi connectivity index (χ0n) is 13.1. The highest BCUT2D eigenvalue weighted by Crippen LogP contribution is 2.31. The first-order chi connectivity index (χ1) is 11.5. The van der Waals surface area contributed by atoms with Crippen molar-refractivity contribution < 1.29 is 19.2 Å². The van der Waals surface area contributed by atoms with Gasteiger partial charge in [-0.1, -0.05) is 6.07 Å². The average Bonchev–Trinajstić information content (AvgIpc) is 2.59. The number of nitro groups is 1. The van der Waals surface area contributed by atoms with E-state index in [1.54, 1.807) is 32.4 Å². The van der Waals surface area contributed by atoms with Crippen LogP contribution in [0.2, 0.25) is 0 Å². The summed E-state index contributed by atoms with van der Waals surface area (Å²) in [5.41, 5.74) is 0.322. The Morgan fingerprint density at radius 2 is 1.92 bits per heavy atom. The van der Waals surface area contributed by atoms with Gasteiger partial charge in [0.2, 0.25) is 5.91 Å². The molecule has 24 heavy (non-hydrogen) atoms. The monoisotopic (exact) mass is 348 g/mol. The van der Waals surface area contributed by atoms with Gasteiger partial charge in [-0.3, -0.25) is 14.9 Å². The molecule has 0 aliphatic rings. The fourth-order valence-corrected chi connectivity index (χ4v) is 2.67. The first-order valence-electron chi connectivity index (χ1n) is 6.92. The highest BCUT2D eigenvalue weighted by atomic mass is 32.2. The number of benzene rings is 2. The molecule has 0 atom stereocenters. The zero-order chi connectivity index (χ0) is 17.5. The second-order valence-corrected chi connectivity index (χ2v) is 5.71. The third-order valence-corrected chi connectivity index (χ3v) is 4.06. The van der Waals surface area contributed by atoms with E-state index in [4.69, 9.17) is 9.47 Å². The number of nitrogens with one attached hydrogen (secondary N) is 1. The molecule has 2 aromatic rings. The Morgan fingerprint density at radius 3 is 2.58 bits per heavy atom. The third kappa shape index (κ3) is 4.63. The molecular weight excluding hydrogens is 332 g/mol. The summed E-state index contributed by atoms with van der Waals surface area (Å²) in [6.45, 7) is 0. The van der Waals surface area contributed by atoms with Crippen LogP contribution in [-0.2, 0) is 4.79 Å². The first kappa shape index (κ1) is 17.6. The fraction of sp³-hybridized carbons (Fsp3) is 0.188. The van der Waals surface area contributed by atoms with Gasteiger partial charge in [-0.25, -0.2) is 0 Å². The smallest absolute Gasteiger partial charge is 0.271 e. The molecule has 2 aromatic carbocycles. The summed E-state index contributed by atoms with van der Waals surface area (Å²) in [5.74, 6) is 1.11. The molecule has 0 aliphatic carbocycles. The van der Waals surface area contributed by atoms with Crippen molar-refractivity contribution in [2.75, 3.05) is 25.3 Å². The molecule has 7 nitrogen and oxygen atoms in total. The maximum Gasteiger partial charge on any atom is 0.271 e. The van der Waals surface area contributed by atoms with Crippen molar-refractivity contribution >= 4 is 29.0 Å². The molecule has 126 valence electrons. The molecule has 8 heteroatoms. The molecule has 1 N–H and O–H groups in total. The quantitative estimate of drug-likeness (QED) is 0.469. The van der Waals surface area contributed by atoms with E-state index < -0.39 is 4.92 Å². The summed E-state index contributed by atoms with van der Waals surface area (Å²) >= 11 is 1.33. The van der Waals surface area contributed by atoms with Gasteiger partial charge in [0, 0.05) is 22.7 Å². The van der Waals surface area contributed by atoms with Crippen LogP contribution in [0, 0.1) is 10.1 Å². The van der Waals surface area contributed by atoms with Gasteiger partial charge in [0.05, 0.1) is 24.9 Å². The number of non-ortho nitro benzene ring substituents is 1. The van der Waals surface area contributed by atoms with Crippen molar-refractivity contribution in [2.24, 2.45) is 0 Å². The minimum Gasteiger partial charge on any atom is -0.493 e. The van der Waals surface area contributed by atoms with Crippen LogP contribution in [0.5, 0.6) is 11.5 Å². The first-order valence-corrected chi connectivity index (χ1v) is 7.91. The van der Waals surface area contributed by atoms with Gasteiger partial charge in [-0.2, -0.15) is 0 Å². The number of methoxy groups -OCH3 is 2. The predicted molar refractivity (Wildman–Crippen MR) is 92.0 cm³/mol. The van der Waals surface area contributed by atoms with Gasteiger partial charge in [-0.15, -0.1) is 11.8 Å². The van der Waals surface area contributed by atoms with Crippen LogP contribution in [-0.4, -0.2) is 30.8 Å². The minimum atomic E-state index is -0.506. The Bertz CT molecular complexity index is 751. The molecule has 0 unspecified atom stereocenters. The Hall–Kier alpha value is -2.74. The average molecular weight is 348 g/mol. The van der Waals surface area contributed by atoms with Gasteiger partial charge in [0.1, 0.15) is 0 Å². The van der Waals surface area contributed by atoms with Crippen LogP contribution in [0.15, 0.2) is 47.4 Å². The molecule has 0 aromatic heterocycles. The van der Waals surface area contributed by atoms with E-state index in [1.807, 2.05) is 6.07 Å². The van der Waals surface area contributed by atoms with Crippen LogP contribution in [0.1, 0.15) is 0 Å². The molecule has 1 amide bonds. The number of rotatable bonds is 7. The standard InChI is InChI=1S/C16H16N2O5S/c1-22-14-7-6-13(9-15(14)23-2)24-10-16(19)17-11-4-3-5-12(8-11)18(20)21/h3-9H,10H2,1-2H3,(H,17,19). The summed E-state index contributed by atoms with van der Waals surface area (Å²) in [4.78, 5) is 23.1. The Labute approximate surface area is 143 Å². The number of amides is 1. The van der Waals surface area contributed by atoms with Crippen molar-refractivity contribution in [2.45, 2.75) is 4.90 Å². The summed E-state index contributed by atoms with van der Waals surface area (Å²) in [5, 5.41) is 13.4. The number of carbonyl (C=O) groups is 1. The zero-order valence-corrected chi connectivity index (χ0v) is 14.0. The Morgan fingerprint density at radius 1 is 1.17 bits per heavy atom. The van der Waals surface area contributed by atoms with E-state index in [-0.39, 0.29) is 17.3 Å². The van der Waals surface area contributed by atoms with Crippen LogP contribution in [0.4, 0.5) is 11.4 Å². The van der Waals surface area contributed by atoms with Crippen molar-refractivity contribution in [1.82, 2.24) is 0 Å². The van der Waals surface area contributed by atoms with Crippen molar-refractivity contribution in [3.63, 3.8) is 0 Å². The third-order valence-electron chi connectivity index (χ3n) is 3.07. The molecule has 0 fully saturated rings. The largest absolute Gasteiger partial charge is 0.493 e. The molecule has 0 aliphatic heterocycles. The maximum atomic E-state index is 12.0. The fourth-order valence-electron chi connectivity index (χ4n) is 1.95. The number of nitro benzene ring substituents is 1. The van der Waals surface area contributed by atoms with E-state index in [1.165, 1.54) is 30.0 Å². The van der Waals surface area contributed by atoms with Crippen molar-refractivity contribution in [3.8, 4) is 11.5 Å². The van der Waals surface area contributed by atoms with Gasteiger partial charge >= 0.3 is 0 Å². The number of nitrogens with zero attached hydrogens (tertiary/aromatic N) is 1. The molecule has 0 saturated carbocycles. The topological polar surface area (TPSA) is 90.7 Å². The molecule has 0 radical (unpaired) electrons. The number of carbonyl (C=O) groups excluding carboxylic acids is 1. The summed E-state index contributed by atoms with van der Waals surface area (Å²) in [7, 11) is 3.10. The normalized spacial score (nSPS) is 10.1. The van der Waals surface area contributed by atoms with Crippen LogP contribution >= 0.6 is 11.8 Å². The maximum absolute atomic E-state index is 12.0. The Balaban J connectivity index is 1.96. The van der Waals surface area contributed by atoms with Crippen LogP contribution in [0.3, 0.4) is 0 Å². The predicted octanol–water partition coefficient (Wildman–Crippen LogP) is 3.34. The molecule has 0 saturated heterocycles. The van der Waals surface area contributed by atoms with E-state index in [0.29, 0.717) is 17.2 Å². The highest BCUT2D eigenvalue weighted by molar-refractivity contribution is 8.00. The van der Waals surface area contributed by atoms with E-state index in [9.17, 15) is 14.9 Å². The van der Waals surface area contributed by atoms with E-state index >= 15 is 0 Å². The van der Waals surface area contributed by atoms with Gasteiger partial charge < -0.3 is 14.8 Å². The summed E-state index contributed by atoms with van der Waals surface area (Å²) in [6.07, 6.45) is 0. The lowest BCUT2D eigenvalue weighted by molar-refractivity contribution is -0.384. The minimum absolute atomic E-state index is 0.0691. The SMILES string of the molecule is COc1ccc(SCC(=O)Nc2cccc([N+](=O)[O-])c2)cc1OC. The van der Waals surface area contributed by atoms with Crippen LogP contribution < -0.4 is 14.8 Å². The van der Waals surface area contributed by atoms with Gasteiger partial charge in [-0.05, 0) is 24.3 Å². The van der Waals surface area contributed by atoms with E-state index in [0.717, 1.165) is 4.90 Å². The van der Waals surface area contributed by atoms with Crippen LogP contribution in [0.25, 0.3) is 0 Å². The number of ether oxygens (including phenoxy) is 2. The van der Waals surface area contributed by atoms with Crippen molar-refractivity contribution in [1.29, 1.82) is 0 Å². The lowest BCUT2D eigenvalue weighted by Gasteiger charge is -2.09. The molecule has 0 heterocycles. The molecule has 0 spiro atoms. The molecular formula is C16H16N2O5S. The highest BCUT2D eigenvalue weighted by Gasteiger charge is 2.10. The summed E-state index contributed by atoms with van der Waals surface area (Å²) in [6, 6.07) is 11.2. The second kappa shape index (κ2) is 8.21. The molecule has 0 bridgehead atoms. The van der Waals surface area contributed by atoms with Gasteiger partial charge in [0.15, 0.2) is 11.5 Å². The summed E-state index contributed by atoms with van der Waals surface area (Å²) < 4.78 is 10.4.